The number of hydrogen-bond donors (Lipinski definition) is 0. The summed E-state index contributed by atoms with van der Waals surface area (Å²) < 4.78 is 24.8. The molecule has 0 saturated heterocycles. The second-order valence-electron chi connectivity index (χ2n) is 5.36. The van der Waals surface area contributed by atoms with E-state index < -0.39 is 10.0 Å². The zero-order chi connectivity index (χ0) is 14.1. The summed E-state index contributed by atoms with van der Waals surface area (Å²) in [5.74, 6) is 0.684. The van der Waals surface area contributed by atoms with E-state index >= 15 is 0 Å². The summed E-state index contributed by atoms with van der Waals surface area (Å²) in [4.78, 5) is 0. The number of hydrogen-bond acceptors (Lipinski definition) is 2. The van der Waals surface area contributed by atoms with Crippen LogP contribution in [-0.4, -0.2) is 21.7 Å². The van der Waals surface area contributed by atoms with Crippen molar-refractivity contribution in [2.45, 2.75) is 39.5 Å². The van der Waals surface area contributed by atoms with Crippen molar-refractivity contribution in [3.05, 3.63) is 29.3 Å². The summed E-state index contributed by atoms with van der Waals surface area (Å²) >= 11 is 0. The maximum absolute atomic E-state index is 11.7. The molecule has 0 aliphatic heterocycles. The summed E-state index contributed by atoms with van der Waals surface area (Å²) in [6.07, 6.45) is 1.24. The van der Waals surface area contributed by atoms with Gasteiger partial charge in [0.05, 0.1) is 11.9 Å². The van der Waals surface area contributed by atoms with E-state index in [-0.39, 0.29) is 0 Å². The second kappa shape index (κ2) is 5.31. The minimum absolute atomic E-state index is 0.297. The van der Waals surface area contributed by atoms with E-state index in [0.717, 1.165) is 16.8 Å². The highest BCUT2D eigenvalue weighted by Crippen LogP contribution is 2.31. The molecule has 0 aliphatic carbocycles. The molecule has 1 aromatic rings. The van der Waals surface area contributed by atoms with Crippen LogP contribution in [0.15, 0.2) is 18.2 Å². The zero-order valence-corrected chi connectivity index (χ0v) is 12.9. The van der Waals surface area contributed by atoms with Gasteiger partial charge in [-0.25, -0.2) is 8.42 Å². The summed E-state index contributed by atoms with van der Waals surface area (Å²) in [7, 11) is -1.61. The molecular formula is C14H23NO2S. The number of anilines is 1. The maximum atomic E-state index is 11.7. The molecule has 0 aromatic heterocycles. The van der Waals surface area contributed by atoms with Crippen LogP contribution in [0.25, 0.3) is 0 Å². The quantitative estimate of drug-likeness (QED) is 0.840. The second-order valence-corrected chi connectivity index (χ2v) is 7.37. The molecule has 0 unspecified atom stereocenters. The first kappa shape index (κ1) is 15.0. The molecule has 0 fully saturated rings. The fourth-order valence-electron chi connectivity index (χ4n) is 1.86. The summed E-state index contributed by atoms with van der Waals surface area (Å²) in [6, 6.07) is 6.11. The van der Waals surface area contributed by atoms with Crippen molar-refractivity contribution in [2.75, 3.05) is 17.6 Å². The molecule has 4 heteroatoms. The highest BCUT2D eigenvalue weighted by atomic mass is 32.2. The van der Waals surface area contributed by atoms with Gasteiger partial charge in [0.2, 0.25) is 10.0 Å². The highest BCUT2D eigenvalue weighted by Gasteiger charge is 2.18. The summed E-state index contributed by atoms with van der Waals surface area (Å²) in [5.41, 5.74) is 3.01. The molecule has 1 rings (SSSR count). The SMILES string of the molecule is CC(C)c1ccc(C(C)C)c(N(C)S(C)(=O)=O)c1. The van der Waals surface area contributed by atoms with Gasteiger partial charge in [0.15, 0.2) is 0 Å². The Morgan fingerprint density at radius 2 is 1.61 bits per heavy atom. The van der Waals surface area contributed by atoms with Gasteiger partial charge in [0.25, 0.3) is 0 Å². The molecule has 0 spiro atoms. The summed E-state index contributed by atoms with van der Waals surface area (Å²) in [6.45, 7) is 8.36. The third kappa shape index (κ3) is 3.25. The Hall–Kier alpha value is -1.03. The Labute approximate surface area is 111 Å². The zero-order valence-electron chi connectivity index (χ0n) is 12.1. The first-order valence-electron chi connectivity index (χ1n) is 6.22. The van der Waals surface area contributed by atoms with Crippen LogP contribution in [0.3, 0.4) is 0 Å². The lowest BCUT2D eigenvalue weighted by Gasteiger charge is -2.23. The normalized spacial score (nSPS) is 12.2. The van der Waals surface area contributed by atoms with Gasteiger partial charge in [0, 0.05) is 7.05 Å². The van der Waals surface area contributed by atoms with Crippen LogP contribution >= 0.6 is 0 Å². The molecule has 0 amide bonds. The van der Waals surface area contributed by atoms with Gasteiger partial charge in [-0.2, -0.15) is 0 Å². The topological polar surface area (TPSA) is 37.4 Å². The Bertz CT molecular complexity index is 519. The minimum Gasteiger partial charge on any atom is -0.273 e. The van der Waals surface area contributed by atoms with Crippen molar-refractivity contribution in [2.24, 2.45) is 0 Å². The molecule has 0 heterocycles. The van der Waals surface area contributed by atoms with Crippen LogP contribution in [0.5, 0.6) is 0 Å². The van der Waals surface area contributed by atoms with E-state index in [1.165, 1.54) is 10.6 Å². The predicted molar refractivity (Wildman–Crippen MR) is 77.9 cm³/mol. The third-order valence-electron chi connectivity index (χ3n) is 3.18. The average molecular weight is 269 g/mol. The summed E-state index contributed by atoms with van der Waals surface area (Å²) in [5, 5.41) is 0. The lowest BCUT2D eigenvalue weighted by molar-refractivity contribution is 0.600. The van der Waals surface area contributed by atoms with E-state index in [1.807, 2.05) is 12.1 Å². The lowest BCUT2D eigenvalue weighted by Crippen LogP contribution is -2.26. The smallest absolute Gasteiger partial charge is 0.232 e. The molecule has 0 radical (unpaired) electrons. The fraction of sp³-hybridized carbons (Fsp3) is 0.571. The highest BCUT2D eigenvalue weighted by molar-refractivity contribution is 7.92. The lowest BCUT2D eigenvalue weighted by atomic mass is 9.95. The van der Waals surface area contributed by atoms with Crippen molar-refractivity contribution in [1.82, 2.24) is 0 Å². The monoisotopic (exact) mass is 269 g/mol. The Kier molecular flexibility index (Phi) is 4.43. The number of rotatable bonds is 4. The molecule has 18 heavy (non-hydrogen) atoms. The predicted octanol–water partition coefficient (Wildman–Crippen LogP) is 3.33. The van der Waals surface area contributed by atoms with Crippen molar-refractivity contribution in [3.8, 4) is 0 Å². The molecule has 102 valence electrons. The van der Waals surface area contributed by atoms with E-state index in [9.17, 15) is 8.42 Å². The molecule has 0 saturated carbocycles. The average Bonchev–Trinajstić information content (AvgIpc) is 2.25. The molecule has 0 N–H and O–H groups in total. The van der Waals surface area contributed by atoms with Crippen molar-refractivity contribution >= 4 is 15.7 Å². The Morgan fingerprint density at radius 1 is 1.06 bits per heavy atom. The minimum atomic E-state index is -3.22. The Morgan fingerprint density at radius 3 is 2.00 bits per heavy atom. The van der Waals surface area contributed by atoms with Crippen molar-refractivity contribution in [1.29, 1.82) is 0 Å². The third-order valence-corrected chi connectivity index (χ3v) is 4.37. The van der Waals surface area contributed by atoms with E-state index in [1.54, 1.807) is 7.05 Å². The van der Waals surface area contributed by atoms with Gasteiger partial charge in [-0.05, 0) is 29.0 Å². The molecule has 0 atom stereocenters. The Balaban J connectivity index is 3.41. The molecule has 0 aliphatic rings. The number of sulfonamides is 1. The van der Waals surface area contributed by atoms with Gasteiger partial charge in [-0.15, -0.1) is 0 Å². The fourth-order valence-corrected chi connectivity index (χ4v) is 2.37. The van der Waals surface area contributed by atoms with Crippen LogP contribution in [0.4, 0.5) is 5.69 Å². The van der Waals surface area contributed by atoms with Crippen molar-refractivity contribution in [3.63, 3.8) is 0 Å². The molecule has 3 nitrogen and oxygen atoms in total. The molecule has 1 aromatic carbocycles. The van der Waals surface area contributed by atoms with Crippen LogP contribution in [0.1, 0.15) is 50.7 Å². The number of nitrogens with zero attached hydrogens (tertiary/aromatic N) is 1. The first-order chi connectivity index (χ1) is 8.14. The van der Waals surface area contributed by atoms with Crippen LogP contribution in [0, 0.1) is 0 Å². The van der Waals surface area contributed by atoms with E-state index in [0.29, 0.717) is 11.8 Å². The van der Waals surface area contributed by atoms with Gasteiger partial charge in [-0.3, -0.25) is 4.31 Å². The van der Waals surface area contributed by atoms with Gasteiger partial charge in [-0.1, -0.05) is 39.8 Å². The number of benzene rings is 1. The van der Waals surface area contributed by atoms with Crippen LogP contribution < -0.4 is 4.31 Å². The van der Waals surface area contributed by atoms with E-state index in [2.05, 4.69) is 33.8 Å². The van der Waals surface area contributed by atoms with Crippen molar-refractivity contribution < 1.29 is 8.42 Å². The van der Waals surface area contributed by atoms with E-state index in [4.69, 9.17) is 0 Å². The molecular weight excluding hydrogens is 246 g/mol. The first-order valence-corrected chi connectivity index (χ1v) is 8.07. The standard InChI is InChI=1S/C14H23NO2S/c1-10(2)12-7-8-13(11(3)4)14(9-12)15(5)18(6,16)17/h7-11H,1-6H3. The van der Waals surface area contributed by atoms with Gasteiger partial charge >= 0.3 is 0 Å². The largest absolute Gasteiger partial charge is 0.273 e. The van der Waals surface area contributed by atoms with Crippen LogP contribution in [0.2, 0.25) is 0 Å². The van der Waals surface area contributed by atoms with Crippen LogP contribution in [-0.2, 0) is 10.0 Å². The maximum Gasteiger partial charge on any atom is 0.232 e. The van der Waals surface area contributed by atoms with Gasteiger partial charge in [0.1, 0.15) is 0 Å². The molecule has 0 bridgehead atoms. The van der Waals surface area contributed by atoms with Gasteiger partial charge < -0.3 is 0 Å².